The van der Waals surface area contributed by atoms with Gasteiger partial charge < -0.3 is 10.1 Å². The fraction of sp³-hybridized carbons (Fsp3) is 0.167. The molecular formula is C18H18N4O2. The van der Waals surface area contributed by atoms with Crippen LogP contribution in [-0.2, 0) is 6.54 Å². The van der Waals surface area contributed by atoms with E-state index in [2.05, 4.69) is 15.4 Å². The van der Waals surface area contributed by atoms with Crippen molar-refractivity contribution in [3.8, 4) is 11.6 Å². The molecule has 0 radical (unpaired) electrons. The molecule has 0 saturated heterocycles. The highest BCUT2D eigenvalue weighted by molar-refractivity contribution is 5.92. The predicted molar refractivity (Wildman–Crippen MR) is 90.1 cm³/mol. The summed E-state index contributed by atoms with van der Waals surface area (Å²) in [5, 5.41) is 7.21. The summed E-state index contributed by atoms with van der Waals surface area (Å²) in [7, 11) is 0. The fourth-order valence-electron chi connectivity index (χ4n) is 2.26. The Labute approximate surface area is 140 Å². The van der Waals surface area contributed by atoms with Crippen LogP contribution in [0.4, 0.5) is 0 Å². The molecule has 0 aliphatic rings. The maximum absolute atomic E-state index is 12.4. The lowest BCUT2D eigenvalue weighted by Gasteiger charge is -2.06. The minimum Gasteiger partial charge on any atom is -0.478 e. The molecule has 24 heavy (non-hydrogen) atoms. The van der Waals surface area contributed by atoms with Gasteiger partial charge in [-0.25, -0.2) is 4.68 Å². The van der Waals surface area contributed by atoms with Crippen molar-refractivity contribution in [2.75, 3.05) is 6.61 Å². The second-order valence-electron chi connectivity index (χ2n) is 5.09. The lowest BCUT2D eigenvalue weighted by molar-refractivity contribution is 0.0945. The van der Waals surface area contributed by atoms with Gasteiger partial charge in [0.05, 0.1) is 12.3 Å². The second-order valence-corrected chi connectivity index (χ2v) is 5.09. The van der Waals surface area contributed by atoms with Crippen LogP contribution in [0.3, 0.4) is 0 Å². The van der Waals surface area contributed by atoms with Crippen LogP contribution in [0.15, 0.2) is 60.9 Å². The van der Waals surface area contributed by atoms with E-state index < -0.39 is 0 Å². The average molecular weight is 322 g/mol. The number of pyridine rings is 1. The molecule has 1 aromatic carbocycles. The molecule has 0 aliphatic heterocycles. The first-order valence-corrected chi connectivity index (χ1v) is 7.73. The summed E-state index contributed by atoms with van der Waals surface area (Å²) in [4.78, 5) is 16.4. The Balaban J connectivity index is 1.79. The van der Waals surface area contributed by atoms with Gasteiger partial charge in [-0.05, 0) is 30.7 Å². The topological polar surface area (TPSA) is 69.0 Å². The van der Waals surface area contributed by atoms with E-state index in [0.717, 1.165) is 11.3 Å². The van der Waals surface area contributed by atoms with Crippen molar-refractivity contribution in [3.05, 3.63) is 72.2 Å². The number of rotatable bonds is 6. The minimum atomic E-state index is -0.255. The molecule has 3 aromatic rings. The molecule has 0 aliphatic carbocycles. The third kappa shape index (κ3) is 3.60. The summed E-state index contributed by atoms with van der Waals surface area (Å²) in [5.74, 6) is 0.282. The monoisotopic (exact) mass is 322 g/mol. The van der Waals surface area contributed by atoms with Gasteiger partial charge in [-0.2, -0.15) is 5.10 Å². The largest absolute Gasteiger partial charge is 0.478 e. The lowest BCUT2D eigenvalue weighted by atomic mass is 10.3. The Morgan fingerprint density at radius 1 is 1.21 bits per heavy atom. The molecule has 1 N–H and O–H groups in total. The molecule has 0 atom stereocenters. The van der Waals surface area contributed by atoms with Crippen molar-refractivity contribution in [3.63, 3.8) is 0 Å². The normalized spacial score (nSPS) is 10.4. The molecule has 0 saturated carbocycles. The first-order chi connectivity index (χ1) is 11.8. The van der Waals surface area contributed by atoms with Gasteiger partial charge in [0.2, 0.25) is 5.88 Å². The zero-order chi connectivity index (χ0) is 16.8. The van der Waals surface area contributed by atoms with Gasteiger partial charge >= 0.3 is 0 Å². The van der Waals surface area contributed by atoms with E-state index in [4.69, 9.17) is 4.74 Å². The second kappa shape index (κ2) is 7.41. The number of nitrogens with zero attached hydrogens (tertiary/aromatic N) is 3. The summed E-state index contributed by atoms with van der Waals surface area (Å²) in [6.45, 7) is 2.79. The molecule has 122 valence electrons. The van der Waals surface area contributed by atoms with E-state index in [1.54, 1.807) is 23.1 Å². The van der Waals surface area contributed by atoms with Gasteiger partial charge in [-0.3, -0.25) is 9.78 Å². The molecular weight excluding hydrogens is 304 g/mol. The third-order valence-electron chi connectivity index (χ3n) is 3.38. The van der Waals surface area contributed by atoms with Crippen LogP contribution in [0.25, 0.3) is 5.69 Å². The molecule has 6 nitrogen and oxygen atoms in total. The number of ether oxygens (including phenoxy) is 1. The molecule has 6 heteroatoms. The molecule has 2 heterocycles. The van der Waals surface area contributed by atoms with Crippen molar-refractivity contribution in [1.82, 2.24) is 20.1 Å². The van der Waals surface area contributed by atoms with E-state index in [1.165, 1.54) is 0 Å². The minimum absolute atomic E-state index is 0.255. The van der Waals surface area contributed by atoms with Crippen LogP contribution in [0.2, 0.25) is 0 Å². The number of carbonyl (C=O) groups is 1. The first-order valence-electron chi connectivity index (χ1n) is 7.73. The van der Waals surface area contributed by atoms with Crippen LogP contribution in [0.1, 0.15) is 23.0 Å². The van der Waals surface area contributed by atoms with Gasteiger partial charge in [0.1, 0.15) is 0 Å². The molecule has 0 unspecified atom stereocenters. The number of benzene rings is 1. The van der Waals surface area contributed by atoms with Gasteiger partial charge in [-0.1, -0.05) is 24.3 Å². The number of hydrogen-bond donors (Lipinski definition) is 1. The summed E-state index contributed by atoms with van der Waals surface area (Å²) < 4.78 is 7.22. The molecule has 0 spiro atoms. The summed E-state index contributed by atoms with van der Waals surface area (Å²) in [5.41, 5.74) is 2.08. The summed E-state index contributed by atoms with van der Waals surface area (Å²) >= 11 is 0. The standard InChI is InChI=1S/C18H18N4O2/c1-2-24-17-11-16(21-22(17)15-8-4-3-5-9-15)18(23)20-13-14-7-6-10-19-12-14/h3-12H,2,13H2,1H3,(H,20,23). The summed E-state index contributed by atoms with van der Waals surface area (Å²) in [6, 6.07) is 15.0. The highest BCUT2D eigenvalue weighted by Crippen LogP contribution is 2.19. The Morgan fingerprint density at radius 3 is 2.75 bits per heavy atom. The number of amides is 1. The van der Waals surface area contributed by atoms with Crippen molar-refractivity contribution < 1.29 is 9.53 Å². The number of hydrogen-bond acceptors (Lipinski definition) is 4. The zero-order valence-electron chi connectivity index (χ0n) is 13.3. The van der Waals surface area contributed by atoms with Crippen LogP contribution >= 0.6 is 0 Å². The highest BCUT2D eigenvalue weighted by Gasteiger charge is 2.16. The van der Waals surface area contributed by atoms with E-state index >= 15 is 0 Å². The SMILES string of the molecule is CCOc1cc(C(=O)NCc2cccnc2)nn1-c1ccccc1. The van der Waals surface area contributed by atoms with Crippen molar-refractivity contribution in [2.24, 2.45) is 0 Å². The maximum atomic E-state index is 12.4. The van der Waals surface area contributed by atoms with Crippen LogP contribution < -0.4 is 10.1 Å². The van der Waals surface area contributed by atoms with E-state index in [0.29, 0.717) is 24.7 Å². The Kier molecular flexibility index (Phi) is 4.86. The predicted octanol–water partition coefficient (Wildman–Crippen LogP) is 2.60. The van der Waals surface area contributed by atoms with Gasteiger partial charge in [-0.15, -0.1) is 0 Å². The van der Waals surface area contributed by atoms with Crippen molar-refractivity contribution >= 4 is 5.91 Å². The van der Waals surface area contributed by atoms with Gasteiger partial charge in [0, 0.05) is 25.0 Å². The first kappa shape index (κ1) is 15.7. The lowest BCUT2D eigenvalue weighted by Crippen LogP contribution is -2.23. The Hall–Kier alpha value is -3.15. The number of carbonyl (C=O) groups excluding carboxylic acids is 1. The number of para-hydroxylation sites is 1. The Bertz CT molecular complexity index is 800. The maximum Gasteiger partial charge on any atom is 0.272 e. The number of nitrogens with one attached hydrogen (secondary N) is 1. The quantitative estimate of drug-likeness (QED) is 0.757. The van der Waals surface area contributed by atoms with Crippen molar-refractivity contribution in [2.45, 2.75) is 13.5 Å². The van der Waals surface area contributed by atoms with Crippen LogP contribution in [0.5, 0.6) is 5.88 Å². The third-order valence-corrected chi connectivity index (χ3v) is 3.38. The smallest absolute Gasteiger partial charge is 0.272 e. The van der Waals surface area contributed by atoms with E-state index in [1.807, 2.05) is 49.4 Å². The highest BCUT2D eigenvalue weighted by atomic mass is 16.5. The van der Waals surface area contributed by atoms with E-state index in [9.17, 15) is 4.79 Å². The van der Waals surface area contributed by atoms with E-state index in [-0.39, 0.29) is 5.91 Å². The molecule has 0 fully saturated rings. The zero-order valence-corrected chi connectivity index (χ0v) is 13.3. The van der Waals surface area contributed by atoms with Crippen molar-refractivity contribution in [1.29, 1.82) is 0 Å². The molecule has 0 bridgehead atoms. The van der Waals surface area contributed by atoms with Gasteiger partial charge in [0.15, 0.2) is 5.69 Å². The summed E-state index contributed by atoms with van der Waals surface area (Å²) in [6.07, 6.45) is 3.41. The average Bonchev–Trinajstić information content (AvgIpc) is 3.06. The van der Waals surface area contributed by atoms with Crippen LogP contribution in [0, 0.1) is 0 Å². The molecule has 1 amide bonds. The number of aromatic nitrogens is 3. The van der Waals surface area contributed by atoms with Crippen LogP contribution in [-0.4, -0.2) is 27.3 Å². The molecule has 3 rings (SSSR count). The van der Waals surface area contributed by atoms with Gasteiger partial charge in [0.25, 0.3) is 5.91 Å². The molecule has 2 aromatic heterocycles. The Morgan fingerprint density at radius 2 is 2.04 bits per heavy atom. The fourth-order valence-corrected chi connectivity index (χ4v) is 2.26.